The molecule has 12 rings (SSSR count). The van der Waals surface area contributed by atoms with Crippen molar-refractivity contribution in [3.8, 4) is 0 Å². The minimum Gasteiger partial charge on any atom is -0.265 e. The summed E-state index contributed by atoms with van der Waals surface area (Å²) in [4.78, 5) is 16.3. The first-order chi connectivity index (χ1) is 58.8. The first-order valence-corrected chi connectivity index (χ1v) is 48.5. The van der Waals surface area contributed by atoms with Crippen LogP contribution in [-0.2, 0) is 0 Å². The van der Waals surface area contributed by atoms with Gasteiger partial charge >= 0.3 is 0 Å². The van der Waals surface area contributed by atoms with Crippen LogP contribution in [0.25, 0.3) is 54.3 Å². The summed E-state index contributed by atoms with van der Waals surface area (Å²) in [6.07, 6.45) is 8.92. The number of para-hydroxylation sites is 3. The van der Waals surface area contributed by atoms with Crippen LogP contribution in [0.15, 0.2) is 292 Å². The van der Waals surface area contributed by atoms with Crippen LogP contribution in [0.1, 0.15) is 388 Å². The van der Waals surface area contributed by atoms with Gasteiger partial charge in [-0.25, -0.2) is 0 Å². The van der Waals surface area contributed by atoms with Gasteiger partial charge in [0.05, 0.1) is 16.6 Å². The minimum absolute atomic E-state index is 0.500. The minimum atomic E-state index is 0.500. The van der Waals surface area contributed by atoms with E-state index in [1.807, 2.05) is 146 Å². The van der Waals surface area contributed by atoms with E-state index in [2.05, 4.69) is 541 Å². The average molecular weight is 1810 g/mol. The molecule has 0 aliphatic heterocycles. The molecular formula is C128H216N4. The first kappa shape index (κ1) is 142. The number of hydrogen-bond acceptors (Lipinski definition) is 4. The molecule has 748 valence electrons. The second-order valence-electron chi connectivity index (χ2n) is 55.5. The van der Waals surface area contributed by atoms with Crippen LogP contribution in [-0.4, -0.2) is 19.9 Å². The van der Waals surface area contributed by atoms with Crippen LogP contribution in [0, 0.1) is 75.8 Å². The Labute approximate surface area is 824 Å². The highest BCUT2D eigenvalue weighted by Gasteiger charge is 2.03. The van der Waals surface area contributed by atoms with Crippen LogP contribution in [0.4, 0.5) is 0 Å². The van der Waals surface area contributed by atoms with Crippen molar-refractivity contribution < 1.29 is 0 Å². The molecule has 0 radical (unpaired) electrons. The molecule has 0 unspecified atom stereocenters. The summed E-state index contributed by atoms with van der Waals surface area (Å²) in [6.45, 7) is 122. The molecule has 0 spiro atoms. The number of fused-ring (bicyclic) bond motifs is 5. The molecule has 0 saturated heterocycles. The molecule has 0 N–H and O–H groups in total. The van der Waals surface area contributed by atoms with Crippen LogP contribution in [0.3, 0.4) is 0 Å². The van der Waals surface area contributed by atoms with Gasteiger partial charge in [0.2, 0.25) is 0 Å². The van der Waals surface area contributed by atoms with Gasteiger partial charge in [-0.2, -0.15) is 0 Å². The number of benzene rings is 8. The molecule has 4 heteroatoms. The van der Waals surface area contributed by atoms with Gasteiger partial charge in [0.25, 0.3) is 0 Å². The van der Waals surface area contributed by atoms with Crippen LogP contribution >= 0.6 is 0 Å². The van der Waals surface area contributed by atoms with Crippen molar-refractivity contribution >= 4 is 54.3 Å². The monoisotopic (exact) mass is 1810 g/mol. The number of pyridine rings is 4. The smallest absolute Gasteiger partial charge is 0.0701 e. The zero-order valence-electron chi connectivity index (χ0n) is 97.5. The lowest BCUT2D eigenvalue weighted by molar-refractivity contribution is 0.469. The molecule has 0 bridgehead atoms. The van der Waals surface area contributed by atoms with E-state index in [9.17, 15) is 0 Å². The van der Waals surface area contributed by atoms with E-state index in [0.717, 1.165) is 16.6 Å². The Balaban J connectivity index is -0.000000173. The third-order valence-corrected chi connectivity index (χ3v) is 9.09. The van der Waals surface area contributed by atoms with Crippen molar-refractivity contribution in [3.05, 3.63) is 292 Å². The number of rotatable bonds is 0. The average Bonchev–Trinajstić information content (AvgIpc) is 0.892. The SMILES string of the molecule is CC(C)(C)C.CC(C)(C)C.CC(C)(C)C.CC(C)(C)C.CC(C)(C)C.CC(C)(C)C.CC(C)(C)C.CC(C)(C)C.CC(C)(C)C.CC(C)(C)C.CC(C)(C)C.CC(C)(C)C.CC(C)(C)C.CC(C)(C)C.c1ccc2ccccc2c1.c1ccc2ccccc2c1.c1ccc2ncccc2c1.c1ccc2ncccc2c1.c1ccc2ncccc2c1.c1ccccc1.c1ccncc1. The summed E-state index contributed by atoms with van der Waals surface area (Å²) >= 11 is 0. The molecule has 12 aromatic rings. The molecule has 0 amide bonds. The Hall–Kier alpha value is -8.34. The van der Waals surface area contributed by atoms with Crippen LogP contribution in [0.5, 0.6) is 0 Å². The second-order valence-corrected chi connectivity index (χ2v) is 55.5. The Bertz CT molecular complexity index is 3270. The predicted octanol–water partition coefficient (Wildman–Crippen LogP) is 43.9. The van der Waals surface area contributed by atoms with Gasteiger partial charge in [0.15, 0.2) is 0 Å². The predicted molar refractivity (Wildman–Crippen MR) is 616 cm³/mol. The summed E-state index contributed by atoms with van der Waals surface area (Å²) in [5.41, 5.74) is 10.2. The zero-order chi connectivity index (χ0) is 106. The highest BCUT2D eigenvalue weighted by atomic mass is 14.6. The van der Waals surface area contributed by atoms with Gasteiger partial charge in [-0.1, -0.05) is 600 Å². The fraction of sp³-hybridized carbons (Fsp3) is 0.547. The largest absolute Gasteiger partial charge is 0.265 e. The lowest BCUT2D eigenvalue weighted by Crippen LogP contribution is -1.93. The van der Waals surface area contributed by atoms with E-state index >= 15 is 0 Å². The molecule has 4 nitrogen and oxygen atoms in total. The highest BCUT2D eigenvalue weighted by molar-refractivity contribution is 5.83. The molecular weight excluding hydrogens is 1590 g/mol. The summed E-state index contributed by atoms with van der Waals surface area (Å²) in [5, 5.41) is 8.84. The fourth-order valence-electron chi connectivity index (χ4n) is 6.01. The maximum atomic E-state index is 4.18. The fourth-order valence-corrected chi connectivity index (χ4v) is 6.01. The number of nitrogens with zero attached hydrogens (tertiary/aromatic N) is 4. The van der Waals surface area contributed by atoms with Gasteiger partial charge in [-0.3, -0.25) is 19.9 Å². The van der Waals surface area contributed by atoms with Crippen molar-refractivity contribution in [2.24, 2.45) is 75.8 Å². The highest BCUT2D eigenvalue weighted by Crippen LogP contribution is 2.19. The third-order valence-electron chi connectivity index (χ3n) is 9.09. The van der Waals surface area contributed by atoms with Crippen LogP contribution < -0.4 is 0 Å². The molecule has 8 aromatic carbocycles. The normalized spacial score (nSPS) is 10.9. The van der Waals surface area contributed by atoms with E-state index in [0.29, 0.717) is 75.8 Å². The lowest BCUT2D eigenvalue weighted by Gasteiger charge is -2.05. The first-order valence-electron chi connectivity index (χ1n) is 48.5. The number of hydrogen-bond donors (Lipinski definition) is 0. The van der Waals surface area contributed by atoms with Gasteiger partial charge in [0.1, 0.15) is 0 Å². The molecule has 4 aromatic heterocycles. The van der Waals surface area contributed by atoms with Crippen molar-refractivity contribution in [1.29, 1.82) is 0 Å². The Morgan fingerprint density at radius 2 is 0.205 bits per heavy atom. The topological polar surface area (TPSA) is 51.6 Å². The maximum Gasteiger partial charge on any atom is 0.0701 e. The third kappa shape index (κ3) is 202. The summed E-state index contributed by atoms with van der Waals surface area (Å²) < 4.78 is 0. The molecule has 0 saturated carbocycles. The summed E-state index contributed by atoms with van der Waals surface area (Å²) in [5.74, 6) is 0. The Morgan fingerprint density at radius 3 is 0.303 bits per heavy atom. The Kier molecular flexibility index (Phi) is 78.3. The summed E-state index contributed by atoms with van der Waals surface area (Å²) in [7, 11) is 0. The van der Waals surface area contributed by atoms with E-state index in [1.54, 1.807) is 12.4 Å². The van der Waals surface area contributed by atoms with Crippen molar-refractivity contribution in [1.82, 2.24) is 19.9 Å². The maximum absolute atomic E-state index is 4.18. The van der Waals surface area contributed by atoms with Gasteiger partial charge in [0, 0.05) is 47.1 Å². The van der Waals surface area contributed by atoms with Gasteiger partial charge in [-0.15, -0.1) is 0 Å². The molecule has 0 fully saturated rings. The van der Waals surface area contributed by atoms with Crippen molar-refractivity contribution in [3.63, 3.8) is 0 Å². The second kappa shape index (κ2) is 73.0. The number of aromatic nitrogens is 4. The van der Waals surface area contributed by atoms with E-state index in [1.165, 1.54) is 37.7 Å². The quantitative estimate of drug-likeness (QED) is 0.152. The van der Waals surface area contributed by atoms with E-state index in [-0.39, 0.29) is 0 Å². The molecule has 0 aliphatic rings. The molecule has 132 heavy (non-hydrogen) atoms. The lowest BCUT2D eigenvalue weighted by atomic mass is 10.0. The van der Waals surface area contributed by atoms with Crippen LogP contribution in [0.2, 0.25) is 0 Å². The zero-order valence-corrected chi connectivity index (χ0v) is 97.5. The van der Waals surface area contributed by atoms with Crippen molar-refractivity contribution in [2.45, 2.75) is 388 Å². The summed E-state index contributed by atoms with van der Waals surface area (Å²) in [6, 6.07) is 87.4. The van der Waals surface area contributed by atoms with Gasteiger partial charge in [-0.05, 0) is 146 Å². The van der Waals surface area contributed by atoms with E-state index < -0.39 is 0 Å². The molecule has 0 aliphatic carbocycles. The van der Waals surface area contributed by atoms with E-state index in [4.69, 9.17) is 0 Å². The Morgan fingerprint density at radius 1 is 0.106 bits per heavy atom. The van der Waals surface area contributed by atoms with Crippen molar-refractivity contribution in [2.75, 3.05) is 0 Å². The standard InChI is InChI=1S/2C10H8.3C9H7N.C6H6.C5H5N.14C5H12/c2*1-2-6-10-8-4-3-7-9(10)5-1;3*1-2-6-9-8(4-1)5-3-7-10-9;2*1-2-4-6-5-3-1;14*1-5(2,3)4/h2*1-8H;3*1-7H;1-6H;1-5H;14*1-4H3. The molecule has 4 heterocycles. The molecule has 0 atom stereocenters. The van der Waals surface area contributed by atoms with Gasteiger partial charge < -0.3 is 0 Å².